The summed E-state index contributed by atoms with van der Waals surface area (Å²) in [6, 6.07) is 0. The molecule has 1 aliphatic rings. The lowest BCUT2D eigenvalue weighted by Gasteiger charge is -2.24. The van der Waals surface area contributed by atoms with Gasteiger partial charge in [-0.1, -0.05) is 19.9 Å². The normalized spacial score (nSPS) is 19.8. The predicted octanol–water partition coefficient (Wildman–Crippen LogP) is 3.46. The summed E-state index contributed by atoms with van der Waals surface area (Å²) in [4.78, 5) is 13.3. The number of carbonyl (C=O) groups excluding carboxylic acids is 1. The van der Waals surface area contributed by atoms with Crippen LogP contribution in [0.15, 0.2) is 12.7 Å². The van der Waals surface area contributed by atoms with Gasteiger partial charge < -0.3 is 9.64 Å². The number of rotatable bonds is 1. The maximum absolute atomic E-state index is 11.6. The van der Waals surface area contributed by atoms with Gasteiger partial charge in [0.1, 0.15) is 5.60 Å². The number of amides is 1. The molecule has 1 saturated heterocycles. The van der Waals surface area contributed by atoms with Crippen LogP contribution in [-0.2, 0) is 4.74 Å². The molecular weight excluding hydrogens is 202 g/mol. The lowest BCUT2D eigenvalue weighted by atomic mass is 10.1. The summed E-state index contributed by atoms with van der Waals surface area (Å²) >= 11 is 0. The molecule has 0 bridgehead atoms. The quantitative estimate of drug-likeness (QED) is 0.642. The first-order chi connectivity index (χ1) is 7.42. The van der Waals surface area contributed by atoms with Crippen molar-refractivity contribution < 1.29 is 9.53 Å². The fourth-order valence-electron chi connectivity index (χ4n) is 1.47. The molecule has 0 spiro atoms. The van der Waals surface area contributed by atoms with Crippen LogP contribution in [0.25, 0.3) is 0 Å². The smallest absolute Gasteiger partial charge is 0.410 e. The second-order valence-corrected chi connectivity index (χ2v) is 4.71. The highest BCUT2D eigenvalue weighted by atomic mass is 16.6. The van der Waals surface area contributed by atoms with Crippen molar-refractivity contribution in [2.24, 2.45) is 5.92 Å². The molecule has 3 heteroatoms. The number of hydrogen-bond acceptors (Lipinski definition) is 2. The zero-order valence-corrected chi connectivity index (χ0v) is 11.2. The molecule has 94 valence electrons. The molecule has 16 heavy (non-hydrogen) atoms. The van der Waals surface area contributed by atoms with Gasteiger partial charge in [-0.3, -0.25) is 0 Å². The van der Waals surface area contributed by atoms with Gasteiger partial charge in [-0.15, -0.1) is 6.58 Å². The van der Waals surface area contributed by atoms with Gasteiger partial charge in [-0.2, -0.15) is 0 Å². The van der Waals surface area contributed by atoms with Crippen LogP contribution in [0.1, 0.15) is 41.0 Å². The summed E-state index contributed by atoms with van der Waals surface area (Å²) in [5, 5.41) is 0. The fraction of sp³-hybridized carbons (Fsp3) is 0.769. The Balaban J connectivity index is 0.00000106. The second kappa shape index (κ2) is 6.56. The van der Waals surface area contributed by atoms with Crippen molar-refractivity contribution in [2.45, 2.75) is 46.6 Å². The second-order valence-electron chi connectivity index (χ2n) is 4.71. The molecule has 0 aromatic heterocycles. The Hall–Kier alpha value is -0.990. The lowest BCUT2D eigenvalue weighted by Crippen LogP contribution is -2.35. The highest BCUT2D eigenvalue weighted by Crippen LogP contribution is 2.19. The monoisotopic (exact) mass is 227 g/mol. The van der Waals surface area contributed by atoms with Crippen LogP contribution >= 0.6 is 0 Å². The van der Waals surface area contributed by atoms with Crippen molar-refractivity contribution >= 4 is 6.09 Å². The van der Waals surface area contributed by atoms with Crippen LogP contribution in [0.3, 0.4) is 0 Å². The molecule has 3 nitrogen and oxygen atoms in total. The molecule has 0 aromatic carbocycles. The molecule has 1 aliphatic heterocycles. The van der Waals surface area contributed by atoms with Gasteiger partial charge in [0, 0.05) is 13.1 Å². The van der Waals surface area contributed by atoms with E-state index in [1.807, 2.05) is 40.7 Å². The van der Waals surface area contributed by atoms with Crippen molar-refractivity contribution in [1.29, 1.82) is 0 Å². The van der Waals surface area contributed by atoms with Gasteiger partial charge in [-0.05, 0) is 33.1 Å². The van der Waals surface area contributed by atoms with Crippen molar-refractivity contribution in [3.63, 3.8) is 0 Å². The van der Waals surface area contributed by atoms with E-state index in [1.54, 1.807) is 4.90 Å². The van der Waals surface area contributed by atoms with E-state index < -0.39 is 5.60 Å². The van der Waals surface area contributed by atoms with E-state index in [-0.39, 0.29) is 6.09 Å². The first-order valence-electron chi connectivity index (χ1n) is 6.03. The number of carbonyl (C=O) groups is 1. The average Bonchev–Trinajstić information content (AvgIpc) is 2.66. The van der Waals surface area contributed by atoms with Crippen LogP contribution < -0.4 is 0 Å². The Kier molecular flexibility index (Phi) is 6.16. The summed E-state index contributed by atoms with van der Waals surface area (Å²) < 4.78 is 5.27. The minimum absolute atomic E-state index is 0.207. The molecule has 0 radical (unpaired) electrons. The molecule has 1 atom stereocenters. The Bertz CT molecular complexity index is 231. The van der Waals surface area contributed by atoms with E-state index in [4.69, 9.17) is 4.74 Å². The maximum Gasteiger partial charge on any atom is 0.410 e. The summed E-state index contributed by atoms with van der Waals surface area (Å²) in [5.41, 5.74) is -0.399. The molecule has 1 heterocycles. The fourth-order valence-corrected chi connectivity index (χ4v) is 1.47. The van der Waals surface area contributed by atoms with E-state index in [0.717, 1.165) is 19.5 Å². The van der Waals surface area contributed by atoms with Crippen molar-refractivity contribution in [1.82, 2.24) is 4.90 Å². The van der Waals surface area contributed by atoms with Gasteiger partial charge in [0.25, 0.3) is 0 Å². The summed E-state index contributed by atoms with van der Waals surface area (Å²) in [5.74, 6) is 0.433. The third-order valence-corrected chi connectivity index (χ3v) is 2.21. The minimum Gasteiger partial charge on any atom is -0.444 e. The van der Waals surface area contributed by atoms with Crippen molar-refractivity contribution in [3.05, 3.63) is 12.7 Å². The zero-order chi connectivity index (χ0) is 12.8. The first-order valence-corrected chi connectivity index (χ1v) is 6.03. The standard InChI is InChI=1S/C11H19NO2.C2H6/c1-5-9-6-7-12(8-9)10(13)14-11(2,3)4;1-2/h5,9H,1,6-8H2,2-4H3;1-2H3. The molecule has 1 unspecified atom stereocenters. The van der Waals surface area contributed by atoms with Crippen molar-refractivity contribution in [3.8, 4) is 0 Å². The topological polar surface area (TPSA) is 29.5 Å². The highest BCUT2D eigenvalue weighted by Gasteiger charge is 2.28. The molecule has 0 N–H and O–H groups in total. The van der Waals surface area contributed by atoms with Crippen LogP contribution in [0.4, 0.5) is 4.79 Å². The van der Waals surface area contributed by atoms with Gasteiger partial charge in [-0.25, -0.2) is 4.79 Å². The van der Waals surface area contributed by atoms with Crippen LogP contribution in [0.5, 0.6) is 0 Å². The predicted molar refractivity (Wildman–Crippen MR) is 67.5 cm³/mol. The SMILES string of the molecule is C=CC1CCN(C(=O)OC(C)(C)C)C1.CC. The van der Waals surface area contributed by atoms with E-state index >= 15 is 0 Å². The van der Waals surface area contributed by atoms with Gasteiger partial charge >= 0.3 is 6.09 Å². The largest absolute Gasteiger partial charge is 0.444 e. The lowest BCUT2D eigenvalue weighted by molar-refractivity contribution is 0.0291. The summed E-state index contributed by atoms with van der Waals surface area (Å²) in [7, 11) is 0. The molecule has 1 amide bonds. The molecule has 0 aliphatic carbocycles. The highest BCUT2D eigenvalue weighted by molar-refractivity contribution is 5.68. The average molecular weight is 227 g/mol. The Morgan fingerprint density at radius 3 is 2.38 bits per heavy atom. The molecular formula is C13H25NO2. The van der Waals surface area contributed by atoms with Gasteiger partial charge in [0.2, 0.25) is 0 Å². The Morgan fingerprint density at radius 1 is 1.44 bits per heavy atom. The third kappa shape index (κ3) is 5.19. The molecule has 0 saturated carbocycles. The summed E-state index contributed by atoms with van der Waals surface area (Å²) in [6.45, 7) is 14.9. The molecule has 1 rings (SSSR count). The Labute approximate surface area is 99.5 Å². The van der Waals surface area contributed by atoms with Crippen molar-refractivity contribution in [2.75, 3.05) is 13.1 Å². The Morgan fingerprint density at radius 2 is 2.00 bits per heavy atom. The number of ether oxygens (including phenoxy) is 1. The van der Waals surface area contributed by atoms with E-state index in [0.29, 0.717) is 5.92 Å². The van der Waals surface area contributed by atoms with Gasteiger partial charge in [0.05, 0.1) is 0 Å². The molecule has 1 fully saturated rings. The third-order valence-electron chi connectivity index (χ3n) is 2.21. The first kappa shape index (κ1) is 15.0. The van der Waals surface area contributed by atoms with Gasteiger partial charge in [0.15, 0.2) is 0 Å². The molecule has 0 aromatic rings. The van der Waals surface area contributed by atoms with E-state index in [2.05, 4.69) is 6.58 Å². The van der Waals surface area contributed by atoms with Crippen LogP contribution in [-0.4, -0.2) is 29.7 Å². The zero-order valence-electron chi connectivity index (χ0n) is 11.2. The minimum atomic E-state index is -0.399. The van der Waals surface area contributed by atoms with E-state index in [9.17, 15) is 4.79 Å². The van der Waals surface area contributed by atoms with Crippen LogP contribution in [0.2, 0.25) is 0 Å². The number of nitrogens with zero attached hydrogens (tertiary/aromatic N) is 1. The summed E-state index contributed by atoms with van der Waals surface area (Å²) in [6.07, 6.45) is 2.70. The number of hydrogen-bond donors (Lipinski definition) is 0. The van der Waals surface area contributed by atoms with E-state index in [1.165, 1.54) is 0 Å². The number of likely N-dealkylation sites (tertiary alicyclic amines) is 1. The van der Waals surface area contributed by atoms with Crippen LogP contribution in [0, 0.1) is 5.92 Å². The maximum atomic E-state index is 11.6.